The lowest BCUT2D eigenvalue weighted by atomic mass is 9.90. The highest BCUT2D eigenvalue weighted by Crippen LogP contribution is 2.38. The molecule has 0 unspecified atom stereocenters. The first-order chi connectivity index (χ1) is 23.1. The first kappa shape index (κ1) is 36.8. The third-order valence-electron chi connectivity index (χ3n) is 8.78. The van der Waals surface area contributed by atoms with Crippen LogP contribution in [0, 0.1) is 5.92 Å². The molecule has 0 saturated carbocycles. The quantitative estimate of drug-likeness (QED) is 0.166. The number of anilines is 1. The number of hydrogen-bond donors (Lipinski definition) is 4. The summed E-state index contributed by atoms with van der Waals surface area (Å²) in [6.07, 6.45) is 17.4. The molecule has 0 fully saturated rings. The van der Waals surface area contributed by atoms with E-state index in [0.717, 1.165) is 24.0 Å². The van der Waals surface area contributed by atoms with Gasteiger partial charge >= 0.3 is 5.97 Å². The SMILES string of the molecule is CO[C@H]1/C=C/C=C/C=C/C[C@@H](OC(=O)[C@@H](C)NC(=O)C2=CCCCC2)[C@@H](C)[C@@H](O)/C(C)=C/CCc2c(O)c(cc3ncsc23)NC(=O)C1. The van der Waals surface area contributed by atoms with Gasteiger partial charge in [0.2, 0.25) is 11.8 Å². The Kier molecular flexibility index (Phi) is 13.7. The van der Waals surface area contributed by atoms with Crippen LogP contribution in [0.2, 0.25) is 0 Å². The number of allylic oxidation sites excluding steroid dienone is 6. The number of fused-ring (bicyclic) bond motifs is 4. The first-order valence-electron chi connectivity index (χ1n) is 16.5. The summed E-state index contributed by atoms with van der Waals surface area (Å²) in [5.41, 5.74) is 4.70. The van der Waals surface area contributed by atoms with Gasteiger partial charge in [-0.1, -0.05) is 55.5 Å². The molecule has 2 heterocycles. The number of esters is 1. The third kappa shape index (κ3) is 9.98. The molecule has 1 aromatic heterocycles. The van der Waals surface area contributed by atoms with Crippen molar-refractivity contribution in [1.29, 1.82) is 0 Å². The Morgan fingerprint density at radius 2 is 1.92 bits per heavy atom. The van der Waals surface area contributed by atoms with Gasteiger partial charge in [-0.05, 0) is 64.0 Å². The lowest BCUT2D eigenvalue weighted by molar-refractivity contribution is -0.156. The minimum Gasteiger partial charge on any atom is -0.505 e. The molecule has 4 rings (SSSR count). The molecule has 1 aromatic carbocycles. The second kappa shape index (κ2) is 17.9. The van der Waals surface area contributed by atoms with Crippen LogP contribution in [0.5, 0.6) is 5.75 Å². The maximum absolute atomic E-state index is 13.2. The van der Waals surface area contributed by atoms with Gasteiger partial charge < -0.3 is 30.3 Å². The van der Waals surface area contributed by atoms with Crippen LogP contribution in [-0.2, 0) is 30.3 Å². The number of carbonyl (C=O) groups is 3. The average molecular weight is 678 g/mol. The van der Waals surface area contributed by atoms with E-state index < -0.39 is 36.2 Å². The van der Waals surface area contributed by atoms with Crippen molar-refractivity contribution in [2.24, 2.45) is 5.92 Å². The van der Waals surface area contributed by atoms with E-state index in [4.69, 9.17) is 9.47 Å². The summed E-state index contributed by atoms with van der Waals surface area (Å²) < 4.78 is 12.2. The second-order valence-electron chi connectivity index (χ2n) is 12.3. The van der Waals surface area contributed by atoms with E-state index in [2.05, 4.69) is 15.6 Å². The van der Waals surface area contributed by atoms with E-state index in [1.54, 1.807) is 42.8 Å². The Morgan fingerprint density at radius 1 is 1.12 bits per heavy atom. The molecule has 1 aliphatic heterocycles. The molecule has 4 N–H and O–H groups in total. The molecular formula is C37H47N3O7S. The van der Waals surface area contributed by atoms with Crippen LogP contribution in [0.25, 0.3) is 10.2 Å². The van der Waals surface area contributed by atoms with Gasteiger partial charge in [0, 0.05) is 30.6 Å². The molecule has 11 heteroatoms. The van der Waals surface area contributed by atoms with Gasteiger partial charge in [0.25, 0.3) is 0 Å². The highest BCUT2D eigenvalue weighted by atomic mass is 32.1. The first-order valence-corrected chi connectivity index (χ1v) is 17.4. The van der Waals surface area contributed by atoms with Crippen LogP contribution >= 0.6 is 11.3 Å². The zero-order valence-corrected chi connectivity index (χ0v) is 28.9. The van der Waals surface area contributed by atoms with E-state index in [-0.39, 0.29) is 29.7 Å². The highest BCUT2D eigenvalue weighted by molar-refractivity contribution is 7.17. The number of benzene rings is 1. The van der Waals surface area contributed by atoms with Crippen LogP contribution in [0.4, 0.5) is 5.69 Å². The smallest absolute Gasteiger partial charge is 0.328 e. The second-order valence-corrected chi connectivity index (χ2v) is 13.2. The van der Waals surface area contributed by atoms with Crippen molar-refractivity contribution >= 4 is 45.0 Å². The van der Waals surface area contributed by atoms with Crippen molar-refractivity contribution in [3.05, 3.63) is 76.9 Å². The van der Waals surface area contributed by atoms with E-state index >= 15 is 0 Å². The van der Waals surface area contributed by atoms with Gasteiger partial charge in [0.15, 0.2) is 0 Å². The molecule has 2 amide bonds. The summed E-state index contributed by atoms with van der Waals surface area (Å²) in [6, 6.07) is 0.806. The Morgan fingerprint density at radius 3 is 2.67 bits per heavy atom. The lowest BCUT2D eigenvalue weighted by Crippen LogP contribution is -2.43. The normalized spacial score (nSPS) is 26.8. The molecular weight excluding hydrogens is 630 g/mol. The van der Waals surface area contributed by atoms with Gasteiger partial charge in [-0.15, -0.1) is 11.3 Å². The van der Waals surface area contributed by atoms with Gasteiger partial charge in [-0.25, -0.2) is 9.78 Å². The van der Waals surface area contributed by atoms with E-state index in [1.807, 2.05) is 38.2 Å². The molecule has 48 heavy (non-hydrogen) atoms. The number of phenols is 1. The average Bonchev–Trinajstić information content (AvgIpc) is 3.55. The molecule has 0 radical (unpaired) electrons. The number of aromatic nitrogens is 1. The molecule has 2 aliphatic rings. The number of aromatic hydroxyl groups is 1. The van der Waals surface area contributed by atoms with Crippen molar-refractivity contribution in [2.75, 3.05) is 12.4 Å². The van der Waals surface area contributed by atoms with Crippen molar-refractivity contribution in [3.8, 4) is 5.75 Å². The minimum absolute atomic E-state index is 0.0163. The number of phenolic OH excluding ortho intramolecular Hbond substituents is 1. The molecule has 0 saturated heterocycles. The molecule has 0 spiro atoms. The van der Waals surface area contributed by atoms with Crippen LogP contribution in [0.15, 0.2) is 71.3 Å². The summed E-state index contributed by atoms with van der Waals surface area (Å²) in [4.78, 5) is 43.2. The fourth-order valence-electron chi connectivity index (χ4n) is 5.80. The summed E-state index contributed by atoms with van der Waals surface area (Å²) in [5, 5.41) is 28.2. The number of nitrogens with one attached hydrogen (secondary N) is 2. The zero-order valence-electron chi connectivity index (χ0n) is 28.1. The Hall–Kier alpha value is -4.06. The Labute approximate surface area is 286 Å². The Bertz CT molecular complexity index is 1610. The predicted molar refractivity (Wildman–Crippen MR) is 189 cm³/mol. The molecule has 2 bridgehead atoms. The number of nitrogens with zero attached hydrogens (tertiary/aromatic N) is 1. The maximum Gasteiger partial charge on any atom is 0.328 e. The number of methoxy groups -OCH3 is 1. The molecule has 10 nitrogen and oxygen atoms in total. The van der Waals surface area contributed by atoms with Crippen LogP contribution in [0.1, 0.15) is 71.3 Å². The number of amides is 2. The minimum atomic E-state index is -0.922. The van der Waals surface area contributed by atoms with Crippen LogP contribution < -0.4 is 10.6 Å². The lowest BCUT2D eigenvalue weighted by Gasteiger charge is -2.29. The number of rotatable bonds is 5. The van der Waals surface area contributed by atoms with Gasteiger partial charge in [0.05, 0.1) is 40.0 Å². The number of aliphatic hydroxyl groups excluding tert-OH is 1. The van der Waals surface area contributed by atoms with E-state index in [0.29, 0.717) is 47.9 Å². The van der Waals surface area contributed by atoms with E-state index in [9.17, 15) is 24.6 Å². The van der Waals surface area contributed by atoms with Crippen molar-refractivity contribution in [2.45, 2.75) is 96.5 Å². The zero-order chi connectivity index (χ0) is 34.6. The summed E-state index contributed by atoms with van der Waals surface area (Å²) in [7, 11) is 1.52. The summed E-state index contributed by atoms with van der Waals surface area (Å²) in [6.45, 7) is 5.27. The number of aryl methyl sites for hydroxylation is 1. The number of carbonyl (C=O) groups excluding carboxylic acids is 3. The van der Waals surface area contributed by atoms with E-state index in [1.165, 1.54) is 18.4 Å². The van der Waals surface area contributed by atoms with Crippen molar-refractivity contribution < 1.29 is 34.1 Å². The van der Waals surface area contributed by atoms with Crippen LogP contribution in [0.3, 0.4) is 0 Å². The molecule has 5 atom stereocenters. The third-order valence-corrected chi connectivity index (χ3v) is 9.68. The van der Waals surface area contributed by atoms with Gasteiger partial charge in [0.1, 0.15) is 17.9 Å². The molecule has 1 aliphatic carbocycles. The summed E-state index contributed by atoms with van der Waals surface area (Å²) in [5.74, 6) is -1.62. The number of hydrogen-bond acceptors (Lipinski definition) is 9. The Balaban J connectivity index is 1.57. The molecule has 2 aromatic rings. The number of thiazole rings is 1. The fraction of sp³-hybridized carbons (Fsp3) is 0.459. The molecule has 258 valence electrons. The topological polar surface area (TPSA) is 147 Å². The predicted octanol–water partition coefficient (Wildman–Crippen LogP) is 6.21. The number of ether oxygens (including phenoxy) is 2. The van der Waals surface area contributed by atoms with Crippen molar-refractivity contribution in [1.82, 2.24) is 10.3 Å². The number of aliphatic hydroxyl groups is 1. The largest absolute Gasteiger partial charge is 0.505 e. The monoisotopic (exact) mass is 677 g/mol. The summed E-state index contributed by atoms with van der Waals surface area (Å²) >= 11 is 1.41. The maximum atomic E-state index is 13.2. The van der Waals surface area contributed by atoms with Gasteiger partial charge in [-0.2, -0.15) is 0 Å². The fourth-order valence-corrected chi connectivity index (χ4v) is 6.65. The highest BCUT2D eigenvalue weighted by Gasteiger charge is 2.30. The van der Waals surface area contributed by atoms with Gasteiger partial charge in [-0.3, -0.25) is 9.59 Å². The standard InChI is InChI=1S/C37H47N3O7S/c1-23-14-13-18-28-34(43)29(21-30-35(28)48-22-38-30)40-32(41)20-27(46-4)17-11-6-5-7-12-19-31(24(2)33(23)42)47-37(45)25(3)39-36(44)26-15-9-8-10-16-26/h5-7,11-12,14-15,17,21-22,24-25,27,31,33,42-43H,8-10,13,16,18-20H2,1-4H3,(H,39,44)(H,40,41)/b6-5+,12-7+,17-11+,23-14+/t24-,25-,27+,31-,33+/m1/s1. The van der Waals surface area contributed by atoms with Crippen LogP contribution in [-0.4, -0.2) is 64.4 Å². The van der Waals surface area contributed by atoms with Crippen molar-refractivity contribution in [3.63, 3.8) is 0 Å².